The maximum Gasteiger partial charge on any atom is 0.335 e. The van der Waals surface area contributed by atoms with Gasteiger partial charge in [-0.05, 0) is 19.3 Å². The predicted octanol–water partition coefficient (Wildman–Crippen LogP) is 0.603. The van der Waals surface area contributed by atoms with Crippen LogP contribution in [0.5, 0.6) is 0 Å². The van der Waals surface area contributed by atoms with Gasteiger partial charge in [0, 0.05) is 0 Å². The first kappa shape index (κ1) is 10.2. The van der Waals surface area contributed by atoms with E-state index in [1.54, 1.807) is 0 Å². The number of carbonyl (C=O) groups excluding carboxylic acids is 1. The molecule has 0 saturated carbocycles. The van der Waals surface area contributed by atoms with Crippen LogP contribution < -0.4 is 0 Å². The van der Waals surface area contributed by atoms with E-state index in [4.69, 9.17) is 9.84 Å². The van der Waals surface area contributed by atoms with Crippen molar-refractivity contribution in [2.45, 2.75) is 31.7 Å². The third kappa shape index (κ3) is 2.54. The van der Waals surface area contributed by atoms with Crippen molar-refractivity contribution in [1.29, 1.82) is 0 Å². The minimum absolute atomic E-state index is 0.279. The Bertz CT molecular complexity index is 212. The van der Waals surface area contributed by atoms with Gasteiger partial charge < -0.3 is 14.6 Å². The summed E-state index contributed by atoms with van der Waals surface area (Å²) in [5.74, 6) is -0.473. The molecule has 1 heterocycles. The van der Waals surface area contributed by atoms with Crippen molar-refractivity contribution in [3.63, 3.8) is 0 Å². The number of ether oxygens (including phenoxy) is 2. The van der Waals surface area contributed by atoms with Gasteiger partial charge in [0.25, 0.3) is 0 Å². The van der Waals surface area contributed by atoms with Crippen molar-refractivity contribution in [1.82, 2.24) is 0 Å². The van der Waals surface area contributed by atoms with E-state index in [0.29, 0.717) is 12.8 Å². The number of carbonyl (C=O) groups is 1. The van der Waals surface area contributed by atoms with Gasteiger partial charge in [-0.2, -0.15) is 0 Å². The quantitative estimate of drug-likeness (QED) is 0.507. The largest absolute Gasteiger partial charge is 0.466 e. The van der Waals surface area contributed by atoms with Crippen molar-refractivity contribution in [3.8, 4) is 0 Å². The van der Waals surface area contributed by atoms with Gasteiger partial charge in [0.15, 0.2) is 6.29 Å². The molecule has 1 rings (SSSR count). The lowest BCUT2D eigenvalue weighted by molar-refractivity contribution is -0.159. The van der Waals surface area contributed by atoms with Gasteiger partial charge in [0.1, 0.15) is 0 Å². The molecule has 4 nitrogen and oxygen atoms in total. The third-order valence-corrected chi connectivity index (χ3v) is 2.07. The summed E-state index contributed by atoms with van der Waals surface area (Å²) in [6, 6.07) is 0. The fourth-order valence-corrected chi connectivity index (χ4v) is 1.32. The smallest absolute Gasteiger partial charge is 0.335 e. The predicted molar refractivity (Wildman–Crippen MR) is 45.9 cm³/mol. The van der Waals surface area contributed by atoms with Crippen LogP contribution >= 0.6 is 0 Å². The Kier molecular flexibility index (Phi) is 3.45. The first-order valence-electron chi connectivity index (χ1n) is 4.25. The lowest BCUT2D eigenvalue weighted by atomic mass is 10.0. The molecule has 2 unspecified atom stereocenters. The molecule has 0 bridgehead atoms. The monoisotopic (exact) mass is 186 g/mol. The normalized spacial score (nSPS) is 28.2. The molecule has 0 amide bonds. The van der Waals surface area contributed by atoms with E-state index in [0.717, 1.165) is 6.42 Å². The van der Waals surface area contributed by atoms with E-state index in [1.807, 2.05) is 0 Å². The highest BCUT2D eigenvalue weighted by molar-refractivity contribution is 5.88. The summed E-state index contributed by atoms with van der Waals surface area (Å²) >= 11 is 0. The van der Waals surface area contributed by atoms with E-state index in [-0.39, 0.29) is 5.57 Å². The fourth-order valence-electron chi connectivity index (χ4n) is 1.32. The lowest BCUT2D eigenvalue weighted by Crippen LogP contribution is -2.31. The topological polar surface area (TPSA) is 55.8 Å². The Morgan fingerprint density at radius 1 is 1.62 bits per heavy atom. The Morgan fingerprint density at radius 3 is 2.85 bits per heavy atom. The van der Waals surface area contributed by atoms with Crippen LogP contribution in [-0.2, 0) is 14.3 Å². The molecule has 0 aromatic carbocycles. The maximum atomic E-state index is 11.0. The zero-order chi connectivity index (χ0) is 9.84. The van der Waals surface area contributed by atoms with Gasteiger partial charge in [-0.15, -0.1) is 0 Å². The summed E-state index contributed by atoms with van der Waals surface area (Å²) in [6.07, 6.45) is 0.994. The van der Waals surface area contributed by atoms with Crippen molar-refractivity contribution < 1.29 is 19.4 Å². The Balaban J connectivity index is 2.51. The SMILES string of the molecule is C=C(C(=O)OC)C1CCCC(O)O1. The highest BCUT2D eigenvalue weighted by Crippen LogP contribution is 2.22. The van der Waals surface area contributed by atoms with Crippen LogP contribution in [0.4, 0.5) is 0 Å². The van der Waals surface area contributed by atoms with Crippen molar-refractivity contribution in [2.24, 2.45) is 0 Å². The molecule has 0 aliphatic carbocycles. The second-order valence-corrected chi connectivity index (χ2v) is 3.03. The summed E-state index contributed by atoms with van der Waals surface area (Å²) in [4.78, 5) is 11.0. The number of hydrogen-bond donors (Lipinski definition) is 1. The van der Waals surface area contributed by atoms with E-state index >= 15 is 0 Å². The molecule has 0 radical (unpaired) electrons. The molecule has 1 fully saturated rings. The van der Waals surface area contributed by atoms with E-state index in [1.165, 1.54) is 7.11 Å². The van der Waals surface area contributed by atoms with Crippen LogP contribution in [0, 0.1) is 0 Å². The molecule has 13 heavy (non-hydrogen) atoms. The maximum absolute atomic E-state index is 11.0. The van der Waals surface area contributed by atoms with E-state index in [2.05, 4.69) is 11.3 Å². The van der Waals surface area contributed by atoms with Crippen molar-refractivity contribution >= 4 is 5.97 Å². The first-order valence-corrected chi connectivity index (χ1v) is 4.25. The van der Waals surface area contributed by atoms with Gasteiger partial charge in [0.05, 0.1) is 18.8 Å². The van der Waals surface area contributed by atoms with Gasteiger partial charge in [-0.3, -0.25) is 0 Å². The van der Waals surface area contributed by atoms with Crippen molar-refractivity contribution in [3.05, 3.63) is 12.2 Å². The molecule has 1 saturated heterocycles. The summed E-state index contributed by atoms with van der Waals surface area (Å²) in [5, 5.41) is 9.17. The molecule has 1 aliphatic rings. The number of rotatable bonds is 2. The Labute approximate surface area is 77.1 Å². The number of methoxy groups -OCH3 is 1. The van der Waals surface area contributed by atoms with Crippen LogP contribution in [0.25, 0.3) is 0 Å². The van der Waals surface area contributed by atoms with Gasteiger partial charge in [-0.1, -0.05) is 6.58 Å². The minimum Gasteiger partial charge on any atom is -0.466 e. The van der Waals surface area contributed by atoms with Crippen molar-refractivity contribution in [2.75, 3.05) is 7.11 Å². The van der Waals surface area contributed by atoms with Crippen LogP contribution in [0.15, 0.2) is 12.2 Å². The van der Waals surface area contributed by atoms with Crippen LogP contribution in [-0.4, -0.2) is 30.6 Å². The average Bonchev–Trinajstić information content (AvgIpc) is 2.15. The first-order chi connectivity index (χ1) is 6.15. The van der Waals surface area contributed by atoms with Crippen LogP contribution in [0.3, 0.4) is 0 Å². The standard InChI is InChI=1S/C9H14O4/c1-6(9(11)12-2)7-4-3-5-8(10)13-7/h7-8,10H,1,3-5H2,2H3. The van der Waals surface area contributed by atoms with Gasteiger partial charge in [-0.25, -0.2) is 4.79 Å². The van der Waals surface area contributed by atoms with Crippen LogP contribution in [0.1, 0.15) is 19.3 Å². The molecule has 1 aliphatic heterocycles. The molecule has 0 aromatic rings. The highest BCUT2D eigenvalue weighted by atomic mass is 16.6. The second kappa shape index (κ2) is 4.39. The molecule has 1 N–H and O–H groups in total. The minimum atomic E-state index is -0.778. The molecular formula is C9H14O4. The average molecular weight is 186 g/mol. The molecule has 74 valence electrons. The second-order valence-electron chi connectivity index (χ2n) is 3.03. The summed E-state index contributed by atoms with van der Waals surface area (Å²) in [7, 11) is 1.30. The molecule has 2 atom stereocenters. The summed E-state index contributed by atoms with van der Waals surface area (Å²) < 4.78 is 9.63. The van der Waals surface area contributed by atoms with E-state index < -0.39 is 18.4 Å². The summed E-state index contributed by atoms with van der Waals surface area (Å²) in [6.45, 7) is 3.57. The highest BCUT2D eigenvalue weighted by Gasteiger charge is 2.26. The fraction of sp³-hybridized carbons (Fsp3) is 0.667. The van der Waals surface area contributed by atoms with Gasteiger partial charge in [0.2, 0.25) is 0 Å². The Morgan fingerprint density at radius 2 is 2.31 bits per heavy atom. The van der Waals surface area contributed by atoms with E-state index in [9.17, 15) is 4.79 Å². The van der Waals surface area contributed by atoms with Crippen LogP contribution in [0.2, 0.25) is 0 Å². The zero-order valence-corrected chi connectivity index (χ0v) is 7.66. The lowest BCUT2D eigenvalue weighted by Gasteiger charge is -2.26. The zero-order valence-electron chi connectivity index (χ0n) is 7.66. The molecule has 0 spiro atoms. The number of aliphatic hydroxyl groups excluding tert-OH is 1. The number of esters is 1. The number of aliphatic hydroxyl groups is 1. The number of hydrogen-bond acceptors (Lipinski definition) is 4. The third-order valence-electron chi connectivity index (χ3n) is 2.07. The Hall–Kier alpha value is -0.870. The molecular weight excluding hydrogens is 172 g/mol. The summed E-state index contributed by atoms with van der Waals surface area (Å²) in [5.41, 5.74) is 0.279. The van der Waals surface area contributed by atoms with Gasteiger partial charge >= 0.3 is 5.97 Å². The molecule has 0 aromatic heterocycles. The molecule has 4 heteroatoms.